The fourth-order valence-electron chi connectivity index (χ4n) is 9.02. The number of nitrogens with zero attached hydrogens (tertiary/aromatic N) is 4. The van der Waals surface area contributed by atoms with Crippen molar-refractivity contribution < 1.29 is 90.4 Å². The van der Waals surface area contributed by atoms with Gasteiger partial charge in [-0.25, -0.2) is 28.6 Å². The fourth-order valence-corrected chi connectivity index (χ4v) is 11.8. The first kappa shape index (κ1) is 59.1. The molecule has 7 atom stereocenters. The van der Waals surface area contributed by atoms with Crippen molar-refractivity contribution in [3.8, 4) is 0 Å². The third-order valence-electron chi connectivity index (χ3n) is 13.8. The van der Waals surface area contributed by atoms with Gasteiger partial charge in [-0.1, -0.05) is 63.8 Å². The molecule has 3 heterocycles. The van der Waals surface area contributed by atoms with Crippen molar-refractivity contribution in [3.63, 3.8) is 0 Å². The number of nitrogens with one attached hydrogen (secondary N) is 2. The number of aromatic nitrogens is 4. The average molecular weight is 1100 g/mol. The number of imidazole rings is 1. The van der Waals surface area contributed by atoms with Gasteiger partial charge in [-0.05, 0) is 75.3 Å². The van der Waals surface area contributed by atoms with Gasteiger partial charge in [-0.15, -0.1) is 0 Å². The molecule has 1 saturated heterocycles. The Kier molecular flexibility index (Phi) is 19.9. The van der Waals surface area contributed by atoms with Gasteiger partial charge in [0.1, 0.15) is 42.0 Å². The maximum atomic E-state index is 13.2. The molecule has 26 nitrogen and oxygen atoms in total. The number of benzene rings is 1. The van der Waals surface area contributed by atoms with Crippen molar-refractivity contribution in [1.82, 2.24) is 30.2 Å². The topological polar surface area (TPSA) is 401 Å². The van der Waals surface area contributed by atoms with Crippen molar-refractivity contribution in [3.05, 3.63) is 48.0 Å². The molecule has 3 aliphatic rings. The minimum atomic E-state index is -5.60. The average Bonchev–Trinajstić information content (AvgIpc) is 4.24. The summed E-state index contributed by atoms with van der Waals surface area (Å²) in [5.41, 5.74) is 6.12. The van der Waals surface area contributed by atoms with Crippen molar-refractivity contribution in [2.24, 2.45) is 16.2 Å². The maximum absolute atomic E-state index is 13.2. The van der Waals surface area contributed by atoms with Gasteiger partial charge < -0.3 is 56.0 Å². The first-order chi connectivity index (χ1) is 34.8. The van der Waals surface area contributed by atoms with Crippen LogP contribution in [0.25, 0.3) is 11.2 Å². The first-order valence-corrected chi connectivity index (χ1v) is 29.0. The number of aryl methyl sites for hydroxylation is 2. The standard InChI is InChI=1S/C45H68N7O19P3/c1-43(2,26-68-74(65,66)71-73(63,64)67-25-31-36(70-72(60,61)62)35(55)41(69-31)52-28-51-34-38(46)49-27-50-39(34)52)37(56)40(57)48-24-16-33(54)47-23-15-32(53)44(19-20-44)17-9-3-5-11-29-13-7-8-14-30(29)12-6-4-10-18-45(21-22-45)42(58)59/h7-8,13-14,27-28,31,35-37,41,55-56H,3-6,9-12,15-26H2,1-2H3,(H,47,54)(H,48,57)(H,58,59)(H,63,64)(H,65,66)(H2,46,49,50)(H2,60,61,62). The lowest BCUT2D eigenvalue weighted by molar-refractivity contribution is -0.143. The molecule has 3 aromatic rings. The van der Waals surface area contributed by atoms with E-state index in [-0.39, 0.29) is 54.1 Å². The summed E-state index contributed by atoms with van der Waals surface area (Å²) in [5.74, 6) is -2.04. The number of unbranched alkanes of at least 4 members (excludes halogenated alkanes) is 4. The minimum absolute atomic E-state index is 0.0271. The van der Waals surface area contributed by atoms with Crippen LogP contribution in [0.5, 0.6) is 0 Å². The Labute approximate surface area is 427 Å². The predicted octanol–water partition coefficient (Wildman–Crippen LogP) is 3.92. The number of carboxylic acid groups (broad SMARTS) is 1. The molecule has 2 aliphatic carbocycles. The highest BCUT2D eigenvalue weighted by molar-refractivity contribution is 7.61. The Morgan fingerprint density at radius 2 is 1.45 bits per heavy atom. The van der Waals surface area contributed by atoms with E-state index >= 15 is 0 Å². The van der Waals surface area contributed by atoms with Crippen molar-refractivity contribution in [2.75, 3.05) is 32.0 Å². The Hall–Kier alpha value is -4.10. The zero-order valence-corrected chi connectivity index (χ0v) is 43.9. The van der Waals surface area contributed by atoms with Crippen molar-refractivity contribution >= 4 is 64.0 Å². The molecule has 29 heteroatoms. The largest absolute Gasteiger partial charge is 0.481 e. The molecule has 0 radical (unpaired) electrons. The number of amides is 2. The van der Waals surface area contributed by atoms with Crippen LogP contribution >= 0.6 is 23.5 Å². The number of phosphoric ester groups is 3. The molecule has 1 aliphatic heterocycles. The molecule has 2 amide bonds. The molecular formula is C45H68N7O19P3. The smallest absolute Gasteiger partial charge is 0.481 e. The summed E-state index contributed by atoms with van der Waals surface area (Å²) in [6.45, 7) is 0.383. The Morgan fingerprint density at radius 1 is 0.851 bits per heavy atom. The molecular weight excluding hydrogens is 1040 g/mol. The number of carbonyl (C=O) groups excluding carboxylic acids is 3. The van der Waals surface area contributed by atoms with Crippen LogP contribution in [0.3, 0.4) is 0 Å². The second kappa shape index (κ2) is 24.9. The fraction of sp³-hybridized carbons (Fsp3) is 0.667. The van der Waals surface area contributed by atoms with E-state index in [0.29, 0.717) is 0 Å². The van der Waals surface area contributed by atoms with Gasteiger partial charge in [0.15, 0.2) is 17.7 Å². The Bertz CT molecular complexity index is 2610. The number of aliphatic hydroxyl groups excluding tert-OH is 2. The number of aliphatic hydroxyl groups is 2. The summed E-state index contributed by atoms with van der Waals surface area (Å²) in [7, 11) is -16.5. The van der Waals surface area contributed by atoms with Gasteiger partial charge in [0.25, 0.3) is 0 Å². The molecule has 2 aromatic heterocycles. The summed E-state index contributed by atoms with van der Waals surface area (Å²) < 4.78 is 62.7. The molecule has 0 spiro atoms. The number of carbonyl (C=O) groups is 4. The second-order valence-electron chi connectivity index (χ2n) is 20.0. The zero-order chi connectivity index (χ0) is 54.1. The lowest BCUT2D eigenvalue weighted by Gasteiger charge is -2.30. The van der Waals surface area contributed by atoms with E-state index in [1.165, 1.54) is 25.0 Å². The number of hydrogen-bond donors (Lipinski definition) is 10. The van der Waals surface area contributed by atoms with Crippen LogP contribution in [0.2, 0.25) is 0 Å². The van der Waals surface area contributed by atoms with Gasteiger partial charge >= 0.3 is 29.4 Å². The quantitative estimate of drug-likeness (QED) is 0.0305. The molecule has 2 saturated carbocycles. The number of anilines is 1. The van der Waals surface area contributed by atoms with Crippen LogP contribution in [-0.4, -0.2) is 129 Å². The Morgan fingerprint density at radius 3 is 2.04 bits per heavy atom. The summed E-state index contributed by atoms with van der Waals surface area (Å²) in [4.78, 5) is 101. The lowest BCUT2D eigenvalue weighted by Crippen LogP contribution is -2.46. The summed E-state index contributed by atoms with van der Waals surface area (Å²) >= 11 is 0. The molecule has 412 valence electrons. The molecule has 11 N–H and O–H groups in total. The van der Waals surface area contributed by atoms with Crippen molar-refractivity contribution in [2.45, 2.75) is 147 Å². The first-order valence-electron chi connectivity index (χ1n) is 24.5. The van der Waals surface area contributed by atoms with Crippen LogP contribution in [0, 0.1) is 16.2 Å². The third-order valence-corrected chi connectivity index (χ3v) is 16.9. The van der Waals surface area contributed by atoms with Crippen LogP contribution in [-0.2, 0) is 68.3 Å². The van der Waals surface area contributed by atoms with Gasteiger partial charge in [0, 0.05) is 36.8 Å². The highest BCUT2D eigenvalue weighted by Crippen LogP contribution is 2.61. The Balaban J connectivity index is 0.844. The van der Waals surface area contributed by atoms with Gasteiger partial charge in [-0.3, -0.25) is 37.3 Å². The zero-order valence-electron chi connectivity index (χ0n) is 41.2. The normalized spacial score (nSPS) is 22.1. The van der Waals surface area contributed by atoms with Crippen LogP contribution in [0.4, 0.5) is 5.82 Å². The van der Waals surface area contributed by atoms with E-state index in [1.807, 2.05) is 0 Å². The summed E-state index contributed by atoms with van der Waals surface area (Å²) in [5, 5.41) is 36.2. The number of carboxylic acids is 1. The van der Waals surface area contributed by atoms with Crippen LogP contribution in [0.1, 0.15) is 121 Å². The van der Waals surface area contributed by atoms with Crippen LogP contribution < -0.4 is 16.4 Å². The number of ether oxygens (including phenoxy) is 1. The number of aliphatic carboxylic acids is 1. The number of ketones is 1. The van der Waals surface area contributed by atoms with Gasteiger partial charge in [0.2, 0.25) is 11.8 Å². The predicted molar refractivity (Wildman–Crippen MR) is 261 cm³/mol. The number of nitrogens with two attached hydrogens (primary N) is 1. The number of rotatable bonds is 33. The maximum Gasteiger partial charge on any atom is 0.481 e. The van der Waals surface area contributed by atoms with E-state index < -0.39 is 95.9 Å². The van der Waals surface area contributed by atoms with Crippen LogP contribution in [0.15, 0.2) is 36.9 Å². The second-order valence-corrected chi connectivity index (χ2v) is 24.2. The summed E-state index contributed by atoms with van der Waals surface area (Å²) in [6, 6.07) is 8.45. The van der Waals surface area contributed by atoms with Crippen molar-refractivity contribution in [1.29, 1.82) is 0 Å². The van der Waals surface area contributed by atoms with E-state index in [9.17, 15) is 67.8 Å². The van der Waals surface area contributed by atoms with E-state index in [4.69, 9.17) is 19.5 Å². The molecule has 6 rings (SSSR count). The number of fused-ring (bicyclic) bond motifs is 1. The summed E-state index contributed by atoms with van der Waals surface area (Å²) in [6.07, 6.45) is 5.76. The van der Waals surface area contributed by atoms with E-state index in [1.54, 1.807) is 0 Å². The highest BCUT2D eigenvalue weighted by Gasteiger charge is 2.51. The van der Waals surface area contributed by atoms with E-state index in [0.717, 1.165) is 107 Å². The minimum Gasteiger partial charge on any atom is -0.481 e. The molecule has 3 fully saturated rings. The molecule has 74 heavy (non-hydrogen) atoms. The third kappa shape index (κ3) is 16.5. The number of Topliss-reactive ketones (excluding diaryl/α,β-unsaturated/α-hetero) is 1. The molecule has 7 unspecified atom stereocenters. The lowest BCUT2D eigenvalue weighted by atomic mass is 9.87. The monoisotopic (exact) mass is 1100 g/mol. The molecule has 1 aromatic carbocycles. The SMILES string of the molecule is CC(C)(COP(=O)(O)OP(=O)(O)OCC1OC(n2cnc3c(N)ncnc32)C(O)C1OP(=O)(O)O)C(O)C(=O)NCCC(=O)NCCC(=O)C1(CCCCCc2ccccc2CCCCCC2(C(=O)O)CC2)CC1. The molecule has 0 bridgehead atoms. The highest BCUT2D eigenvalue weighted by atomic mass is 31.3. The number of phosphoric acid groups is 3. The van der Waals surface area contributed by atoms with Gasteiger partial charge in [0.05, 0.1) is 25.0 Å². The van der Waals surface area contributed by atoms with Gasteiger partial charge in [-0.2, -0.15) is 4.31 Å². The number of hydrogen-bond acceptors (Lipinski definition) is 18. The van der Waals surface area contributed by atoms with E-state index in [2.05, 4.69) is 58.7 Å². The number of nitrogen functional groups attached to an aromatic ring is 1.